The van der Waals surface area contributed by atoms with E-state index >= 15 is 0 Å². The Balaban J connectivity index is 1.43. The van der Waals surface area contributed by atoms with E-state index in [1.54, 1.807) is 17.1 Å². The molecule has 0 bridgehead atoms. The Morgan fingerprint density at radius 1 is 1.17 bits per heavy atom. The Bertz CT molecular complexity index is 702. The molecule has 1 N–H and O–H groups in total. The lowest BCUT2D eigenvalue weighted by Crippen LogP contribution is -2.26. The van der Waals surface area contributed by atoms with Crippen LogP contribution < -0.4 is 10.2 Å². The summed E-state index contributed by atoms with van der Waals surface area (Å²) in [7, 11) is 0. The lowest BCUT2D eigenvalue weighted by atomic mass is 10.2. The van der Waals surface area contributed by atoms with Gasteiger partial charge in [-0.25, -0.2) is 14.6 Å². The average Bonchev–Trinajstić information content (AvgIpc) is 3.36. The van der Waals surface area contributed by atoms with E-state index < -0.39 is 0 Å². The van der Waals surface area contributed by atoms with Gasteiger partial charge >= 0.3 is 0 Å². The number of amides is 1. The first kappa shape index (κ1) is 15.1. The van der Waals surface area contributed by atoms with Gasteiger partial charge in [-0.3, -0.25) is 4.79 Å². The van der Waals surface area contributed by atoms with Gasteiger partial charge in [0.25, 0.3) is 11.9 Å². The number of nitrogens with one attached hydrogen (secondary N) is 1. The summed E-state index contributed by atoms with van der Waals surface area (Å²) in [5, 5.41) is 7.03. The Labute approximate surface area is 139 Å². The number of anilines is 2. The molecule has 0 radical (unpaired) electrons. The zero-order valence-electron chi connectivity index (χ0n) is 13.4. The molecule has 1 unspecified atom stereocenters. The second-order valence-electron chi connectivity index (χ2n) is 6.10. The van der Waals surface area contributed by atoms with E-state index in [1.165, 1.54) is 12.8 Å². The molecule has 4 heterocycles. The summed E-state index contributed by atoms with van der Waals surface area (Å²) < 4.78 is 6.93. The van der Waals surface area contributed by atoms with Crippen LogP contribution in [0.4, 0.5) is 11.4 Å². The Hall–Kier alpha value is -2.48. The smallest absolute Gasteiger partial charge is 0.253 e. The highest BCUT2D eigenvalue weighted by molar-refractivity contribution is 5.94. The molecule has 1 atom stereocenters. The topological polar surface area (TPSA) is 85.2 Å². The van der Waals surface area contributed by atoms with E-state index in [-0.39, 0.29) is 12.0 Å². The molecule has 0 aromatic carbocycles. The number of carbonyl (C=O) groups excluding carboxylic acids is 1. The van der Waals surface area contributed by atoms with E-state index in [2.05, 4.69) is 25.3 Å². The van der Waals surface area contributed by atoms with Crippen molar-refractivity contribution in [1.82, 2.24) is 19.7 Å². The summed E-state index contributed by atoms with van der Waals surface area (Å²) in [6.45, 7) is 2.77. The molecule has 2 aliphatic rings. The van der Waals surface area contributed by atoms with Gasteiger partial charge < -0.3 is 15.0 Å². The third kappa shape index (κ3) is 3.09. The van der Waals surface area contributed by atoms with E-state index in [9.17, 15) is 4.79 Å². The van der Waals surface area contributed by atoms with Crippen molar-refractivity contribution in [3.8, 4) is 5.95 Å². The molecule has 8 nitrogen and oxygen atoms in total. The van der Waals surface area contributed by atoms with Crippen LogP contribution in [0.25, 0.3) is 5.95 Å². The van der Waals surface area contributed by atoms with Crippen LogP contribution in [0, 0.1) is 0 Å². The van der Waals surface area contributed by atoms with E-state index in [4.69, 9.17) is 4.74 Å². The van der Waals surface area contributed by atoms with Gasteiger partial charge in [0.1, 0.15) is 6.10 Å². The monoisotopic (exact) mass is 328 g/mol. The molecular weight excluding hydrogens is 308 g/mol. The standard InChI is InChI=1S/C16H20N6O2/c23-15(14-4-3-7-24-14)20-12-8-19-22(11-12)16-17-9-13(10-18-16)21-5-1-2-6-21/h8-11,14H,1-7H2,(H,20,23). The van der Waals surface area contributed by atoms with Crippen molar-refractivity contribution in [3.63, 3.8) is 0 Å². The molecule has 1 amide bonds. The minimum absolute atomic E-state index is 0.127. The summed E-state index contributed by atoms with van der Waals surface area (Å²) in [5.41, 5.74) is 1.65. The minimum Gasteiger partial charge on any atom is -0.369 e. The fourth-order valence-corrected chi connectivity index (χ4v) is 3.08. The molecule has 2 saturated heterocycles. The predicted molar refractivity (Wildman–Crippen MR) is 88.2 cm³/mol. The SMILES string of the molecule is O=C(Nc1cnn(-c2ncc(N3CCCC3)cn2)c1)C1CCCO1. The van der Waals surface area contributed by atoms with Crippen LogP contribution in [0.2, 0.25) is 0 Å². The molecule has 4 rings (SSSR count). The van der Waals surface area contributed by atoms with Gasteiger partial charge in [-0.15, -0.1) is 0 Å². The number of rotatable bonds is 4. The summed E-state index contributed by atoms with van der Waals surface area (Å²) in [4.78, 5) is 23.1. The quantitative estimate of drug-likeness (QED) is 0.913. The first-order chi connectivity index (χ1) is 11.8. The molecule has 2 aromatic heterocycles. The molecule has 126 valence electrons. The molecule has 2 aromatic rings. The summed E-state index contributed by atoms with van der Waals surface area (Å²) >= 11 is 0. The van der Waals surface area contributed by atoms with Crippen LogP contribution in [0.1, 0.15) is 25.7 Å². The highest BCUT2D eigenvalue weighted by atomic mass is 16.5. The molecule has 24 heavy (non-hydrogen) atoms. The minimum atomic E-state index is -0.357. The van der Waals surface area contributed by atoms with Crippen LogP contribution >= 0.6 is 0 Å². The van der Waals surface area contributed by atoms with Gasteiger partial charge in [0.05, 0.1) is 36.2 Å². The van der Waals surface area contributed by atoms with Crippen LogP contribution in [0.3, 0.4) is 0 Å². The fraction of sp³-hybridized carbons (Fsp3) is 0.500. The van der Waals surface area contributed by atoms with Gasteiger partial charge in [-0.1, -0.05) is 0 Å². The van der Waals surface area contributed by atoms with Crippen molar-refractivity contribution in [2.24, 2.45) is 0 Å². The zero-order chi connectivity index (χ0) is 16.4. The van der Waals surface area contributed by atoms with Crippen LogP contribution in [0.15, 0.2) is 24.8 Å². The highest BCUT2D eigenvalue weighted by Crippen LogP contribution is 2.19. The van der Waals surface area contributed by atoms with Crippen LogP contribution in [-0.4, -0.2) is 51.5 Å². The highest BCUT2D eigenvalue weighted by Gasteiger charge is 2.24. The third-order valence-corrected chi connectivity index (χ3v) is 4.37. The third-order valence-electron chi connectivity index (χ3n) is 4.37. The molecule has 8 heteroatoms. The maximum Gasteiger partial charge on any atom is 0.253 e. The predicted octanol–water partition coefficient (Wildman–Crippen LogP) is 1.38. The van der Waals surface area contributed by atoms with Crippen molar-refractivity contribution in [2.75, 3.05) is 29.9 Å². The molecule has 2 fully saturated rings. The molecule has 2 aliphatic heterocycles. The first-order valence-electron chi connectivity index (χ1n) is 8.34. The summed E-state index contributed by atoms with van der Waals surface area (Å²) in [6.07, 6.45) is 10.7. The second kappa shape index (κ2) is 6.56. The van der Waals surface area contributed by atoms with Crippen LogP contribution in [-0.2, 0) is 9.53 Å². The largest absolute Gasteiger partial charge is 0.369 e. The van der Waals surface area contributed by atoms with Crippen molar-refractivity contribution in [3.05, 3.63) is 24.8 Å². The molecular formula is C16H20N6O2. The van der Waals surface area contributed by atoms with Gasteiger partial charge in [-0.05, 0) is 25.7 Å². The van der Waals surface area contributed by atoms with Crippen molar-refractivity contribution >= 4 is 17.3 Å². The number of hydrogen-bond donors (Lipinski definition) is 1. The van der Waals surface area contributed by atoms with Crippen molar-refractivity contribution < 1.29 is 9.53 Å². The second-order valence-corrected chi connectivity index (χ2v) is 6.10. The summed E-state index contributed by atoms with van der Waals surface area (Å²) in [6, 6.07) is 0. The maximum atomic E-state index is 12.0. The van der Waals surface area contributed by atoms with Crippen molar-refractivity contribution in [2.45, 2.75) is 31.8 Å². The molecule has 0 spiro atoms. The number of ether oxygens (including phenoxy) is 1. The van der Waals surface area contributed by atoms with Crippen LogP contribution in [0.5, 0.6) is 0 Å². The Kier molecular flexibility index (Phi) is 4.12. The maximum absolute atomic E-state index is 12.0. The number of carbonyl (C=O) groups is 1. The summed E-state index contributed by atoms with van der Waals surface area (Å²) in [5.74, 6) is 0.355. The van der Waals surface area contributed by atoms with Gasteiger partial charge in [0, 0.05) is 19.7 Å². The van der Waals surface area contributed by atoms with Gasteiger partial charge in [0.2, 0.25) is 0 Å². The molecule has 0 saturated carbocycles. The lowest BCUT2D eigenvalue weighted by Gasteiger charge is -2.16. The average molecular weight is 328 g/mol. The van der Waals surface area contributed by atoms with E-state index in [0.29, 0.717) is 18.2 Å². The molecule has 0 aliphatic carbocycles. The Morgan fingerprint density at radius 3 is 2.67 bits per heavy atom. The van der Waals surface area contributed by atoms with Crippen molar-refractivity contribution in [1.29, 1.82) is 0 Å². The number of nitrogens with zero attached hydrogens (tertiary/aromatic N) is 5. The van der Waals surface area contributed by atoms with E-state index in [1.807, 2.05) is 12.4 Å². The lowest BCUT2D eigenvalue weighted by molar-refractivity contribution is -0.124. The zero-order valence-corrected chi connectivity index (χ0v) is 13.4. The van der Waals surface area contributed by atoms with Gasteiger partial charge in [0.15, 0.2) is 0 Å². The normalized spacial score (nSPS) is 20.5. The number of hydrogen-bond acceptors (Lipinski definition) is 6. The first-order valence-corrected chi connectivity index (χ1v) is 8.34. The number of aromatic nitrogens is 4. The Morgan fingerprint density at radius 2 is 1.96 bits per heavy atom. The van der Waals surface area contributed by atoms with Gasteiger partial charge in [-0.2, -0.15) is 5.10 Å². The fourth-order valence-electron chi connectivity index (χ4n) is 3.08. The van der Waals surface area contributed by atoms with E-state index in [0.717, 1.165) is 31.6 Å².